The highest BCUT2D eigenvalue weighted by molar-refractivity contribution is 6.30. The van der Waals surface area contributed by atoms with Crippen LogP contribution < -0.4 is 9.64 Å². The molecule has 3 aromatic carbocycles. The fourth-order valence-electron chi connectivity index (χ4n) is 3.62. The number of carbonyl (C=O) groups is 3. The van der Waals surface area contributed by atoms with E-state index in [0.29, 0.717) is 16.5 Å². The first kappa shape index (κ1) is 21.6. The van der Waals surface area contributed by atoms with Gasteiger partial charge in [0.05, 0.1) is 12.1 Å². The number of anilines is 1. The van der Waals surface area contributed by atoms with Gasteiger partial charge in [0.25, 0.3) is 11.8 Å². The fraction of sp³-hybridized carbons (Fsp3) is 0.160. The Bertz CT molecular complexity index is 1100. The average molecular weight is 449 g/mol. The van der Waals surface area contributed by atoms with Gasteiger partial charge in [0.1, 0.15) is 11.8 Å². The van der Waals surface area contributed by atoms with Crippen molar-refractivity contribution in [3.63, 3.8) is 0 Å². The lowest BCUT2D eigenvalue weighted by Gasteiger charge is -2.28. The number of hydrogen-bond acceptors (Lipinski definition) is 4. The quantitative estimate of drug-likeness (QED) is 0.511. The first-order valence-electron chi connectivity index (χ1n) is 10.2. The van der Waals surface area contributed by atoms with Gasteiger partial charge < -0.3 is 9.64 Å². The molecule has 1 aliphatic rings. The SMILES string of the molecule is O=C1CC(N(Cc2ccccc2)C(=O)COc2ccccc2)C(=O)N1c1ccc(Cl)cc1. The Labute approximate surface area is 191 Å². The Morgan fingerprint density at radius 2 is 1.56 bits per heavy atom. The molecule has 3 amide bonds. The lowest BCUT2D eigenvalue weighted by Crippen LogP contribution is -2.46. The standard InChI is InChI=1S/C25H21ClN2O4/c26-19-11-13-20(14-12-19)28-23(29)15-22(25(28)31)27(16-18-7-3-1-4-8-18)24(30)17-32-21-9-5-2-6-10-21/h1-14,22H,15-17H2. The molecular formula is C25H21ClN2O4. The molecule has 0 spiro atoms. The van der Waals surface area contributed by atoms with Crippen molar-refractivity contribution in [1.29, 1.82) is 0 Å². The van der Waals surface area contributed by atoms with E-state index in [-0.39, 0.29) is 31.4 Å². The summed E-state index contributed by atoms with van der Waals surface area (Å²) in [4.78, 5) is 41.7. The zero-order chi connectivity index (χ0) is 22.5. The van der Waals surface area contributed by atoms with E-state index >= 15 is 0 Å². The van der Waals surface area contributed by atoms with E-state index < -0.39 is 11.9 Å². The van der Waals surface area contributed by atoms with Gasteiger partial charge in [0, 0.05) is 11.6 Å². The highest BCUT2D eigenvalue weighted by Crippen LogP contribution is 2.28. The molecule has 0 aromatic heterocycles. The molecule has 0 bridgehead atoms. The first-order chi connectivity index (χ1) is 15.5. The Balaban J connectivity index is 1.57. The maximum Gasteiger partial charge on any atom is 0.261 e. The van der Waals surface area contributed by atoms with Crippen LogP contribution in [0.4, 0.5) is 5.69 Å². The molecule has 4 rings (SSSR count). The minimum atomic E-state index is -0.912. The maximum absolute atomic E-state index is 13.2. The largest absolute Gasteiger partial charge is 0.484 e. The van der Waals surface area contributed by atoms with Crippen LogP contribution in [0.25, 0.3) is 0 Å². The molecule has 32 heavy (non-hydrogen) atoms. The summed E-state index contributed by atoms with van der Waals surface area (Å²) in [5.74, 6) is -0.627. The third kappa shape index (κ3) is 4.81. The molecule has 1 aliphatic heterocycles. The van der Waals surface area contributed by atoms with Crippen LogP contribution in [0.5, 0.6) is 5.75 Å². The predicted molar refractivity (Wildman–Crippen MR) is 121 cm³/mol. The summed E-state index contributed by atoms with van der Waals surface area (Å²) in [7, 11) is 0. The van der Waals surface area contributed by atoms with E-state index in [2.05, 4.69) is 0 Å². The smallest absolute Gasteiger partial charge is 0.261 e. The van der Waals surface area contributed by atoms with Crippen LogP contribution in [0.3, 0.4) is 0 Å². The molecule has 1 unspecified atom stereocenters. The highest BCUT2D eigenvalue weighted by Gasteiger charge is 2.44. The van der Waals surface area contributed by atoms with E-state index in [1.54, 1.807) is 36.4 Å². The number of ether oxygens (including phenoxy) is 1. The normalized spacial score (nSPS) is 15.7. The number of halogens is 1. The first-order valence-corrected chi connectivity index (χ1v) is 10.5. The maximum atomic E-state index is 13.2. The summed E-state index contributed by atoms with van der Waals surface area (Å²) in [5.41, 5.74) is 1.28. The van der Waals surface area contributed by atoms with Crippen LogP contribution in [0.2, 0.25) is 5.02 Å². The molecule has 0 saturated carbocycles. The third-order valence-electron chi connectivity index (χ3n) is 5.21. The lowest BCUT2D eigenvalue weighted by molar-refractivity contribution is -0.140. The van der Waals surface area contributed by atoms with Crippen molar-refractivity contribution in [3.05, 3.63) is 95.5 Å². The van der Waals surface area contributed by atoms with Gasteiger partial charge in [-0.15, -0.1) is 0 Å². The zero-order valence-corrected chi connectivity index (χ0v) is 17.9. The van der Waals surface area contributed by atoms with Gasteiger partial charge in [-0.05, 0) is 42.0 Å². The lowest BCUT2D eigenvalue weighted by atomic mass is 10.1. The summed E-state index contributed by atoms with van der Waals surface area (Å²) in [6.45, 7) is -0.0499. The van der Waals surface area contributed by atoms with Gasteiger partial charge in [0.2, 0.25) is 5.91 Å². The monoisotopic (exact) mass is 448 g/mol. The van der Waals surface area contributed by atoms with Crippen LogP contribution >= 0.6 is 11.6 Å². The molecular weight excluding hydrogens is 428 g/mol. The van der Waals surface area contributed by atoms with E-state index in [4.69, 9.17) is 16.3 Å². The van der Waals surface area contributed by atoms with Gasteiger partial charge in [0.15, 0.2) is 6.61 Å². The molecule has 1 fully saturated rings. The van der Waals surface area contributed by atoms with E-state index in [9.17, 15) is 14.4 Å². The molecule has 1 heterocycles. The Morgan fingerprint density at radius 1 is 0.938 bits per heavy atom. The van der Waals surface area contributed by atoms with E-state index in [0.717, 1.165) is 10.5 Å². The average Bonchev–Trinajstić information content (AvgIpc) is 3.11. The van der Waals surface area contributed by atoms with Crippen molar-refractivity contribution in [2.45, 2.75) is 19.0 Å². The molecule has 0 aliphatic carbocycles. The minimum Gasteiger partial charge on any atom is -0.484 e. The minimum absolute atomic E-state index is 0.0919. The Morgan fingerprint density at radius 3 is 2.22 bits per heavy atom. The summed E-state index contributed by atoms with van der Waals surface area (Å²) in [6.07, 6.45) is -0.0919. The summed E-state index contributed by atoms with van der Waals surface area (Å²) >= 11 is 5.93. The summed E-state index contributed by atoms with van der Waals surface area (Å²) < 4.78 is 5.62. The number of rotatable bonds is 7. The zero-order valence-electron chi connectivity index (χ0n) is 17.2. The second-order valence-electron chi connectivity index (χ2n) is 7.37. The number of amides is 3. The topological polar surface area (TPSA) is 66.9 Å². The van der Waals surface area contributed by atoms with Crippen LogP contribution in [0, 0.1) is 0 Å². The van der Waals surface area contributed by atoms with Gasteiger partial charge in [-0.1, -0.05) is 60.1 Å². The van der Waals surface area contributed by atoms with Gasteiger partial charge in [-0.25, -0.2) is 4.90 Å². The molecule has 1 saturated heterocycles. The number of hydrogen-bond donors (Lipinski definition) is 0. The number of benzene rings is 3. The van der Waals surface area contributed by atoms with Gasteiger partial charge in [-0.3, -0.25) is 14.4 Å². The van der Waals surface area contributed by atoms with Crippen LogP contribution in [-0.4, -0.2) is 35.3 Å². The number of para-hydroxylation sites is 1. The van der Waals surface area contributed by atoms with Crippen molar-refractivity contribution in [1.82, 2.24) is 4.90 Å². The number of carbonyl (C=O) groups excluding carboxylic acids is 3. The molecule has 1 atom stereocenters. The second kappa shape index (κ2) is 9.66. The van der Waals surface area contributed by atoms with Crippen molar-refractivity contribution in [2.75, 3.05) is 11.5 Å². The highest BCUT2D eigenvalue weighted by atomic mass is 35.5. The summed E-state index contributed by atoms with van der Waals surface area (Å²) in [5, 5.41) is 0.503. The van der Waals surface area contributed by atoms with Crippen molar-refractivity contribution >= 4 is 35.0 Å². The van der Waals surface area contributed by atoms with E-state index in [1.807, 2.05) is 48.5 Å². The van der Waals surface area contributed by atoms with Crippen molar-refractivity contribution in [2.24, 2.45) is 0 Å². The number of imide groups is 1. The fourth-order valence-corrected chi connectivity index (χ4v) is 3.74. The number of nitrogens with zero attached hydrogens (tertiary/aromatic N) is 2. The van der Waals surface area contributed by atoms with Gasteiger partial charge in [-0.2, -0.15) is 0 Å². The molecule has 7 heteroatoms. The molecule has 0 radical (unpaired) electrons. The van der Waals surface area contributed by atoms with Crippen LogP contribution in [-0.2, 0) is 20.9 Å². The summed E-state index contributed by atoms with van der Waals surface area (Å²) in [6, 6.07) is 23.9. The third-order valence-corrected chi connectivity index (χ3v) is 5.46. The Kier molecular flexibility index (Phi) is 6.52. The molecule has 3 aromatic rings. The molecule has 6 nitrogen and oxygen atoms in total. The molecule has 162 valence electrons. The Hall–Kier alpha value is -3.64. The van der Waals surface area contributed by atoms with Gasteiger partial charge >= 0.3 is 0 Å². The second-order valence-corrected chi connectivity index (χ2v) is 7.81. The van der Waals surface area contributed by atoms with E-state index in [1.165, 1.54) is 4.90 Å². The molecule has 0 N–H and O–H groups in total. The van der Waals surface area contributed by atoms with Crippen molar-refractivity contribution in [3.8, 4) is 5.75 Å². The van der Waals surface area contributed by atoms with Crippen LogP contribution in [0.15, 0.2) is 84.9 Å². The van der Waals surface area contributed by atoms with Crippen LogP contribution in [0.1, 0.15) is 12.0 Å². The predicted octanol–water partition coefficient (Wildman–Crippen LogP) is 4.08. The van der Waals surface area contributed by atoms with Crippen molar-refractivity contribution < 1.29 is 19.1 Å².